The number of aromatic amines is 1. The monoisotopic (exact) mass is 297 g/mol. The molecule has 0 aliphatic rings. The van der Waals surface area contributed by atoms with Crippen molar-refractivity contribution in [3.8, 4) is 0 Å². The number of rotatable bonds is 7. The Labute approximate surface area is 118 Å². The van der Waals surface area contributed by atoms with Crippen molar-refractivity contribution in [3.05, 3.63) is 10.8 Å². The molecule has 108 valence electrons. The standard InChI is InChI=1S/C10H15N7O2S/c1-2-3-5(9(18)19)6(8-13-16-17-14-8)4-7-12-15-10(11)20-7/h5-6H,2-4H2,1H3,(H2,11,15)(H,18,19)(H,13,14,16,17)/t5-,6-/m0/s1. The molecule has 0 saturated carbocycles. The zero-order valence-electron chi connectivity index (χ0n) is 10.9. The zero-order chi connectivity index (χ0) is 14.5. The van der Waals surface area contributed by atoms with Crippen LogP contribution >= 0.6 is 11.3 Å². The van der Waals surface area contributed by atoms with Crippen LogP contribution < -0.4 is 5.73 Å². The maximum absolute atomic E-state index is 11.5. The second kappa shape index (κ2) is 6.37. The van der Waals surface area contributed by atoms with Gasteiger partial charge >= 0.3 is 5.97 Å². The van der Waals surface area contributed by atoms with E-state index in [0.717, 1.165) is 6.42 Å². The summed E-state index contributed by atoms with van der Waals surface area (Å²) in [4.78, 5) is 11.5. The van der Waals surface area contributed by atoms with Crippen molar-refractivity contribution in [2.24, 2.45) is 5.92 Å². The van der Waals surface area contributed by atoms with Gasteiger partial charge in [-0.15, -0.1) is 15.3 Å². The maximum Gasteiger partial charge on any atom is 0.307 e. The predicted molar refractivity (Wildman–Crippen MR) is 71.0 cm³/mol. The largest absolute Gasteiger partial charge is 0.481 e. The van der Waals surface area contributed by atoms with E-state index in [2.05, 4.69) is 30.8 Å². The molecule has 9 nitrogen and oxygen atoms in total. The lowest BCUT2D eigenvalue weighted by atomic mass is 9.85. The topological polar surface area (TPSA) is 144 Å². The average Bonchev–Trinajstić information content (AvgIpc) is 3.04. The molecular weight excluding hydrogens is 282 g/mol. The molecule has 0 amide bonds. The minimum Gasteiger partial charge on any atom is -0.481 e. The number of carbonyl (C=O) groups is 1. The average molecular weight is 297 g/mol. The number of nitrogens with two attached hydrogens (primary N) is 1. The molecule has 2 atom stereocenters. The van der Waals surface area contributed by atoms with Crippen molar-refractivity contribution in [2.75, 3.05) is 5.73 Å². The third-order valence-electron chi connectivity index (χ3n) is 2.99. The van der Waals surface area contributed by atoms with Gasteiger partial charge in [0.25, 0.3) is 0 Å². The molecule has 10 heteroatoms. The van der Waals surface area contributed by atoms with Crippen LogP contribution in [-0.4, -0.2) is 41.9 Å². The smallest absolute Gasteiger partial charge is 0.307 e. The number of aromatic nitrogens is 6. The van der Waals surface area contributed by atoms with Crippen molar-refractivity contribution in [2.45, 2.75) is 32.1 Å². The summed E-state index contributed by atoms with van der Waals surface area (Å²) in [7, 11) is 0. The third kappa shape index (κ3) is 3.26. The van der Waals surface area contributed by atoms with Gasteiger partial charge in [0.2, 0.25) is 5.13 Å². The van der Waals surface area contributed by atoms with Crippen molar-refractivity contribution >= 4 is 22.4 Å². The minimum atomic E-state index is -0.870. The first-order valence-corrected chi connectivity index (χ1v) is 6.97. The lowest BCUT2D eigenvalue weighted by Gasteiger charge is -2.19. The molecular formula is C10H15N7O2S. The number of hydrogen-bond acceptors (Lipinski definition) is 8. The number of H-pyrrole nitrogens is 1. The molecule has 0 fully saturated rings. The zero-order valence-corrected chi connectivity index (χ0v) is 11.7. The lowest BCUT2D eigenvalue weighted by molar-refractivity contribution is -0.142. The highest BCUT2D eigenvalue weighted by atomic mass is 32.1. The lowest BCUT2D eigenvalue weighted by Crippen LogP contribution is -2.25. The molecule has 2 rings (SSSR count). The van der Waals surface area contributed by atoms with Crippen LogP contribution in [0.2, 0.25) is 0 Å². The number of carboxylic acid groups (broad SMARTS) is 1. The molecule has 0 saturated heterocycles. The molecule has 4 N–H and O–H groups in total. The summed E-state index contributed by atoms with van der Waals surface area (Å²) < 4.78 is 0. The van der Waals surface area contributed by atoms with Crippen LogP contribution in [0.25, 0.3) is 0 Å². The van der Waals surface area contributed by atoms with E-state index < -0.39 is 11.9 Å². The molecule has 0 spiro atoms. The molecule has 0 unspecified atom stereocenters. The Balaban J connectivity index is 2.26. The van der Waals surface area contributed by atoms with Crippen LogP contribution in [0.1, 0.15) is 36.5 Å². The van der Waals surface area contributed by atoms with E-state index >= 15 is 0 Å². The van der Waals surface area contributed by atoms with E-state index in [4.69, 9.17) is 5.73 Å². The Morgan fingerprint density at radius 3 is 2.75 bits per heavy atom. The summed E-state index contributed by atoms with van der Waals surface area (Å²) in [5.41, 5.74) is 5.55. The Bertz CT molecular complexity index is 556. The van der Waals surface area contributed by atoms with Gasteiger partial charge < -0.3 is 10.8 Å². The van der Waals surface area contributed by atoms with Gasteiger partial charge in [0.05, 0.1) is 5.92 Å². The van der Waals surface area contributed by atoms with Crippen LogP contribution in [-0.2, 0) is 11.2 Å². The summed E-state index contributed by atoms with van der Waals surface area (Å²) in [6, 6.07) is 0. The van der Waals surface area contributed by atoms with Gasteiger partial charge in [-0.2, -0.15) is 0 Å². The van der Waals surface area contributed by atoms with Gasteiger partial charge in [-0.05, 0) is 16.8 Å². The van der Waals surface area contributed by atoms with Gasteiger partial charge in [0, 0.05) is 12.3 Å². The Morgan fingerprint density at radius 1 is 1.45 bits per heavy atom. The van der Waals surface area contributed by atoms with E-state index in [9.17, 15) is 9.90 Å². The van der Waals surface area contributed by atoms with Crippen LogP contribution in [0, 0.1) is 5.92 Å². The first-order valence-electron chi connectivity index (χ1n) is 6.16. The summed E-state index contributed by atoms with van der Waals surface area (Å²) in [6.07, 6.45) is 1.69. The number of nitrogens with zero attached hydrogens (tertiary/aromatic N) is 5. The van der Waals surface area contributed by atoms with E-state index in [1.165, 1.54) is 11.3 Å². The molecule has 2 aromatic rings. The highest BCUT2D eigenvalue weighted by molar-refractivity contribution is 7.15. The van der Waals surface area contributed by atoms with E-state index in [0.29, 0.717) is 28.8 Å². The van der Waals surface area contributed by atoms with Gasteiger partial charge in [0.1, 0.15) is 5.01 Å². The second-order valence-corrected chi connectivity index (χ2v) is 5.46. The van der Waals surface area contributed by atoms with Gasteiger partial charge in [-0.3, -0.25) is 4.79 Å². The highest BCUT2D eigenvalue weighted by Crippen LogP contribution is 2.30. The molecule has 0 radical (unpaired) electrons. The number of aliphatic carboxylic acids is 1. The van der Waals surface area contributed by atoms with E-state index in [1.807, 2.05) is 6.92 Å². The summed E-state index contributed by atoms with van der Waals surface area (Å²) in [5.74, 6) is -1.39. The molecule has 0 aliphatic carbocycles. The van der Waals surface area contributed by atoms with Crippen molar-refractivity contribution < 1.29 is 9.90 Å². The summed E-state index contributed by atoms with van der Waals surface area (Å²) >= 11 is 1.24. The highest BCUT2D eigenvalue weighted by Gasteiger charge is 2.32. The predicted octanol–water partition coefficient (Wildman–Crippen LogP) is 0.461. The number of carboxylic acids is 1. The molecule has 2 heterocycles. The van der Waals surface area contributed by atoms with Gasteiger partial charge in [0.15, 0.2) is 5.82 Å². The number of anilines is 1. The van der Waals surface area contributed by atoms with Crippen LogP contribution in [0.15, 0.2) is 0 Å². The Kier molecular flexibility index (Phi) is 4.56. The van der Waals surface area contributed by atoms with E-state index in [-0.39, 0.29) is 5.92 Å². The maximum atomic E-state index is 11.5. The third-order valence-corrected chi connectivity index (χ3v) is 3.77. The number of tetrazole rings is 1. The molecule has 20 heavy (non-hydrogen) atoms. The normalized spacial score (nSPS) is 14.1. The van der Waals surface area contributed by atoms with Crippen molar-refractivity contribution in [1.29, 1.82) is 0 Å². The number of nitrogens with one attached hydrogen (secondary N) is 1. The first kappa shape index (κ1) is 14.3. The fourth-order valence-electron chi connectivity index (χ4n) is 2.10. The number of nitrogen functional groups attached to an aromatic ring is 1. The quantitative estimate of drug-likeness (QED) is 0.668. The first-order chi connectivity index (χ1) is 9.61. The summed E-state index contributed by atoms with van der Waals surface area (Å²) in [6.45, 7) is 1.94. The molecule has 0 aromatic carbocycles. The fourth-order valence-corrected chi connectivity index (χ4v) is 2.77. The minimum absolute atomic E-state index is 0.358. The van der Waals surface area contributed by atoms with Gasteiger partial charge in [-0.25, -0.2) is 5.10 Å². The van der Waals surface area contributed by atoms with Crippen LogP contribution in [0.5, 0.6) is 0 Å². The van der Waals surface area contributed by atoms with Gasteiger partial charge in [-0.1, -0.05) is 24.7 Å². The molecule has 0 aliphatic heterocycles. The Hall–Kier alpha value is -2.10. The Morgan fingerprint density at radius 2 is 2.25 bits per heavy atom. The van der Waals surface area contributed by atoms with Crippen LogP contribution in [0.3, 0.4) is 0 Å². The second-order valence-electron chi connectivity index (χ2n) is 4.36. The molecule has 2 aromatic heterocycles. The fraction of sp³-hybridized carbons (Fsp3) is 0.600. The summed E-state index contributed by atoms with van der Waals surface area (Å²) in [5, 5.41) is 31.7. The number of hydrogen-bond donors (Lipinski definition) is 3. The van der Waals surface area contributed by atoms with E-state index in [1.54, 1.807) is 0 Å². The SMILES string of the molecule is CCC[C@H](C(=O)O)[C@H](Cc1nnc(N)s1)c1nnn[nH]1. The molecule has 0 bridgehead atoms. The van der Waals surface area contributed by atoms with Crippen molar-refractivity contribution in [3.63, 3.8) is 0 Å². The van der Waals surface area contributed by atoms with Crippen LogP contribution in [0.4, 0.5) is 5.13 Å². The van der Waals surface area contributed by atoms with Crippen molar-refractivity contribution in [1.82, 2.24) is 30.8 Å².